The molecule has 1 aromatic heterocycles. The van der Waals surface area contributed by atoms with Gasteiger partial charge in [0.1, 0.15) is 0 Å². The normalized spacial score (nSPS) is 12.8. The Labute approximate surface area is 124 Å². The Bertz CT molecular complexity index is 479. The maximum absolute atomic E-state index is 5.88. The second-order valence-corrected chi connectivity index (χ2v) is 6.17. The molecule has 0 saturated heterocycles. The van der Waals surface area contributed by atoms with Crippen LogP contribution in [0.15, 0.2) is 41.8 Å². The van der Waals surface area contributed by atoms with E-state index in [1.807, 2.05) is 23.5 Å². The average Bonchev–Trinajstić information content (AvgIpc) is 2.90. The molecule has 0 saturated carbocycles. The van der Waals surface area contributed by atoms with E-state index in [1.165, 1.54) is 10.4 Å². The molecule has 0 radical (unpaired) electrons. The van der Waals surface area contributed by atoms with Gasteiger partial charge in [0.05, 0.1) is 6.04 Å². The fourth-order valence-corrected chi connectivity index (χ4v) is 3.02. The van der Waals surface area contributed by atoms with Crippen molar-refractivity contribution in [3.8, 4) is 0 Å². The lowest BCUT2D eigenvalue weighted by Gasteiger charge is -2.23. The monoisotopic (exact) mass is 294 g/mol. The maximum Gasteiger partial charge on any atom is 0.0561 e. The highest BCUT2D eigenvalue weighted by Gasteiger charge is 2.14. The molecule has 0 amide bonds. The summed E-state index contributed by atoms with van der Waals surface area (Å²) in [5.41, 5.74) is 1.26. The Hall–Kier alpha value is -0.870. The number of benzene rings is 1. The van der Waals surface area contributed by atoms with Crippen LogP contribution in [-0.4, -0.2) is 25.5 Å². The molecule has 1 unspecified atom stereocenters. The van der Waals surface area contributed by atoms with E-state index >= 15 is 0 Å². The first-order valence-corrected chi connectivity index (χ1v) is 7.57. The molecule has 102 valence electrons. The fourth-order valence-electron chi connectivity index (χ4n) is 1.97. The Morgan fingerprint density at radius 3 is 2.53 bits per heavy atom. The van der Waals surface area contributed by atoms with Gasteiger partial charge in [0.25, 0.3) is 0 Å². The van der Waals surface area contributed by atoms with Crippen LogP contribution in [0.1, 0.15) is 16.5 Å². The highest BCUT2D eigenvalue weighted by Crippen LogP contribution is 2.22. The fraction of sp³-hybridized carbons (Fsp3) is 0.333. The van der Waals surface area contributed by atoms with E-state index in [0.717, 1.165) is 18.1 Å². The molecule has 0 spiro atoms. The second-order valence-electron chi connectivity index (χ2n) is 4.75. The molecule has 0 aliphatic heterocycles. The number of nitrogens with one attached hydrogen (secondary N) is 1. The van der Waals surface area contributed by atoms with Gasteiger partial charge in [-0.25, -0.2) is 0 Å². The minimum Gasteiger partial charge on any atom is -0.311 e. The third-order valence-corrected chi connectivity index (χ3v) is 4.30. The van der Waals surface area contributed by atoms with Crippen molar-refractivity contribution in [1.29, 1.82) is 0 Å². The van der Waals surface area contributed by atoms with Crippen LogP contribution in [0.25, 0.3) is 0 Å². The van der Waals surface area contributed by atoms with Gasteiger partial charge in [-0.3, -0.25) is 0 Å². The Kier molecular flexibility index (Phi) is 5.40. The Morgan fingerprint density at radius 2 is 1.95 bits per heavy atom. The van der Waals surface area contributed by atoms with Crippen LogP contribution >= 0.6 is 22.9 Å². The highest BCUT2D eigenvalue weighted by atomic mass is 35.5. The van der Waals surface area contributed by atoms with Gasteiger partial charge in [-0.1, -0.05) is 29.8 Å². The molecular weight excluding hydrogens is 276 g/mol. The van der Waals surface area contributed by atoms with Crippen LogP contribution in [0.2, 0.25) is 5.02 Å². The molecule has 2 rings (SSSR count). The molecule has 0 fully saturated rings. The molecule has 1 aromatic carbocycles. The van der Waals surface area contributed by atoms with Crippen molar-refractivity contribution in [2.24, 2.45) is 0 Å². The first-order valence-electron chi connectivity index (χ1n) is 6.32. The number of rotatable bonds is 6. The van der Waals surface area contributed by atoms with Gasteiger partial charge in [-0.05, 0) is 43.2 Å². The van der Waals surface area contributed by atoms with Gasteiger partial charge in [-0.15, -0.1) is 11.3 Å². The summed E-state index contributed by atoms with van der Waals surface area (Å²) in [6.45, 7) is 1.81. The minimum atomic E-state index is 0.423. The molecule has 19 heavy (non-hydrogen) atoms. The predicted octanol–water partition coefficient (Wildman–Crippen LogP) is 3.79. The van der Waals surface area contributed by atoms with Gasteiger partial charge in [-0.2, -0.15) is 0 Å². The quantitative estimate of drug-likeness (QED) is 0.872. The predicted molar refractivity (Wildman–Crippen MR) is 83.9 cm³/mol. The van der Waals surface area contributed by atoms with Gasteiger partial charge in [0, 0.05) is 23.0 Å². The third-order valence-electron chi connectivity index (χ3n) is 3.08. The molecule has 2 nitrogen and oxygen atoms in total. The standard InChI is InChI=1S/C15H19ClN2S/c1-18(2)14(15-4-3-9-19-15)11-17-10-12-5-7-13(16)8-6-12/h3-9,14,17H,10-11H2,1-2H3. The SMILES string of the molecule is CN(C)C(CNCc1ccc(Cl)cc1)c1cccs1. The maximum atomic E-state index is 5.88. The molecular formula is C15H19ClN2S. The largest absolute Gasteiger partial charge is 0.311 e. The molecule has 1 heterocycles. The molecule has 1 atom stereocenters. The Morgan fingerprint density at radius 1 is 1.21 bits per heavy atom. The van der Waals surface area contributed by atoms with E-state index < -0.39 is 0 Å². The summed E-state index contributed by atoms with van der Waals surface area (Å²) in [6.07, 6.45) is 0. The molecule has 1 N–H and O–H groups in total. The first kappa shape index (κ1) is 14.5. The van der Waals surface area contributed by atoms with Crippen LogP contribution in [0.5, 0.6) is 0 Å². The van der Waals surface area contributed by atoms with E-state index in [4.69, 9.17) is 11.6 Å². The van der Waals surface area contributed by atoms with Gasteiger partial charge < -0.3 is 10.2 Å². The van der Waals surface area contributed by atoms with E-state index in [2.05, 4.69) is 54.0 Å². The summed E-state index contributed by atoms with van der Waals surface area (Å²) in [5, 5.41) is 6.43. The van der Waals surface area contributed by atoms with Crippen molar-refractivity contribution in [3.05, 3.63) is 57.2 Å². The van der Waals surface area contributed by atoms with E-state index in [9.17, 15) is 0 Å². The number of halogens is 1. The van der Waals surface area contributed by atoms with Crippen LogP contribution in [0.4, 0.5) is 0 Å². The summed E-state index contributed by atoms with van der Waals surface area (Å²) in [5.74, 6) is 0. The zero-order valence-corrected chi connectivity index (χ0v) is 12.8. The highest BCUT2D eigenvalue weighted by molar-refractivity contribution is 7.10. The lowest BCUT2D eigenvalue weighted by molar-refractivity contribution is 0.292. The van der Waals surface area contributed by atoms with Crippen LogP contribution in [0.3, 0.4) is 0 Å². The second kappa shape index (κ2) is 7.06. The van der Waals surface area contributed by atoms with Crippen LogP contribution < -0.4 is 5.32 Å². The van der Waals surface area contributed by atoms with Crippen molar-refractivity contribution in [2.45, 2.75) is 12.6 Å². The number of nitrogens with zero attached hydrogens (tertiary/aromatic N) is 1. The summed E-state index contributed by atoms with van der Waals surface area (Å²) in [7, 11) is 4.24. The first-order chi connectivity index (χ1) is 9.16. The van der Waals surface area contributed by atoms with E-state index in [0.29, 0.717) is 6.04 Å². The van der Waals surface area contributed by atoms with Crippen molar-refractivity contribution in [1.82, 2.24) is 10.2 Å². The number of hydrogen-bond acceptors (Lipinski definition) is 3. The molecule has 4 heteroatoms. The van der Waals surface area contributed by atoms with Crippen molar-refractivity contribution in [2.75, 3.05) is 20.6 Å². The zero-order chi connectivity index (χ0) is 13.7. The molecule has 2 aromatic rings. The molecule has 0 aliphatic carbocycles. The van der Waals surface area contributed by atoms with Gasteiger partial charge in [0.15, 0.2) is 0 Å². The van der Waals surface area contributed by atoms with Crippen molar-refractivity contribution >= 4 is 22.9 Å². The number of likely N-dealkylation sites (N-methyl/N-ethyl adjacent to an activating group) is 1. The van der Waals surface area contributed by atoms with Crippen LogP contribution in [0, 0.1) is 0 Å². The van der Waals surface area contributed by atoms with Gasteiger partial charge >= 0.3 is 0 Å². The van der Waals surface area contributed by atoms with Crippen LogP contribution in [-0.2, 0) is 6.54 Å². The third kappa shape index (κ3) is 4.32. The van der Waals surface area contributed by atoms with Crippen molar-refractivity contribution < 1.29 is 0 Å². The summed E-state index contributed by atoms with van der Waals surface area (Å²) < 4.78 is 0. The smallest absolute Gasteiger partial charge is 0.0561 e. The minimum absolute atomic E-state index is 0.423. The number of thiophene rings is 1. The summed E-state index contributed by atoms with van der Waals surface area (Å²) in [4.78, 5) is 3.65. The topological polar surface area (TPSA) is 15.3 Å². The summed E-state index contributed by atoms with van der Waals surface area (Å²) >= 11 is 7.69. The lowest BCUT2D eigenvalue weighted by Crippen LogP contribution is -2.30. The molecule has 0 aliphatic rings. The molecule has 0 bridgehead atoms. The zero-order valence-electron chi connectivity index (χ0n) is 11.3. The van der Waals surface area contributed by atoms with E-state index in [1.54, 1.807) is 0 Å². The lowest BCUT2D eigenvalue weighted by atomic mass is 10.2. The number of hydrogen-bond donors (Lipinski definition) is 1. The van der Waals surface area contributed by atoms with Crippen molar-refractivity contribution in [3.63, 3.8) is 0 Å². The average molecular weight is 295 g/mol. The van der Waals surface area contributed by atoms with E-state index in [-0.39, 0.29) is 0 Å². The van der Waals surface area contributed by atoms with Gasteiger partial charge in [0.2, 0.25) is 0 Å². The Balaban J connectivity index is 1.88. The summed E-state index contributed by atoms with van der Waals surface area (Å²) in [6, 6.07) is 12.7.